The van der Waals surface area contributed by atoms with Gasteiger partial charge >= 0.3 is 0 Å². The molecule has 11 heavy (non-hydrogen) atoms. The van der Waals surface area contributed by atoms with Gasteiger partial charge in [-0.2, -0.15) is 0 Å². The number of benzene rings is 1. The van der Waals surface area contributed by atoms with Crippen LogP contribution in [0.2, 0.25) is 0 Å². The van der Waals surface area contributed by atoms with Crippen LogP contribution in [0.4, 0.5) is 0 Å². The second-order valence-corrected chi connectivity index (χ2v) is 2.31. The van der Waals surface area contributed by atoms with E-state index < -0.39 is 0 Å². The molecule has 0 aliphatic carbocycles. The summed E-state index contributed by atoms with van der Waals surface area (Å²) in [5.74, 6) is 0. The SMILES string of the molecule is Sn1nc2ccccc2n1.[Na]. The van der Waals surface area contributed by atoms with E-state index in [4.69, 9.17) is 0 Å². The maximum Gasteiger partial charge on any atom is 0.114 e. The molecule has 51 valence electrons. The molecule has 0 saturated heterocycles. The number of rotatable bonds is 0. The van der Waals surface area contributed by atoms with Gasteiger partial charge in [-0.05, 0) is 24.9 Å². The van der Waals surface area contributed by atoms with Crippen LogP contribution in [0, 0.1) is 0 Å². The molecule has 1 heterocycles. The zero-order valence-electron chi connectivity index (χ0n) is 6.10. The van der Waals surface area contributed by atoms with Gasteiger partial charge in [0.05, 0.1) is 0 Å². The Morgan fingerprint density at radius 1 is 1.09 bits per heavy atom. The molecule has 0 amide bonds. The van der Waals surface area contributed by atoms with Crippen molar-refractivity contribution in [2.24, 2.45) is 0 Å². The normalized spacial score (nSPS) is 9.55. The largest absolute Gasteiger partial charge is 0.142 e. The summed E-state index contributed by atoms with van der Waals surface area (Å²) in [5.41, 5.74) is 1.75. The molecule has 0 saturated carbocycles. The van der Waals surface area contributed by atoms with E-state index in [0.29, 0.717) is 0 Å². The average molecular weight is 174 g/mol. The van der Waals surface area contributed by atoms with E-state index in [1.165, 1.54) is 4.20 Å². The molecule has 5 heteroatoms. The van der Waals surface area contributed by atoms with Crippen LogP contribution in [0.25, 0.3) is 11.0 Å². The van der Waals surface area contributed by atoms with Crippen LogP contribution in [0.5, 0.6) is 0 Å². The molecule has 0 N–H and O–H groups in total. The van der Waals surface area contributed by atoms with E-state index in [9.17, 15) is 0 Å². The Morgan fingerprint density at radius 3 is 2.00 bits per heavy atom. The van der Waals surface area contributed by atoms with Gasteiger partial charge in [-0.25, -0.2) is 0 Å². The van der Waals surface area contributed by atoms with E-state index in [1.54, 1.807) is 0 Å². The van der Waals surface area contributed by atoms with E-state index >= 15 is 0 Å². The average Bonchev–Trinajstić information content (AvgIpc) is 2.27. The van der Waals surface area contributed by atoms with Gasteiger partial charge in [0, 0.05) is 29.6 Å². The van der Waals surface area contributed by atoms with E-state index in [-0.39, 0.29) is 29.6 Å². The van der Waals surface area contributed by atoms with E-state index in [2.05, 4.69) is 23.0 Å². The summed E-state index contributed by atoms with van der Waals surface area (Å²) in [6.45, 7) is 0. The second kappa shape index (κ2) is 3.58. The molecular formula is C6H5N3NaS. The maximum atomic E-state index is 3.98. The van der Waals surface area contributed by atoms with Crippen molar-refractivity contribution in [3.63, 3.8) is 0 Å². The zero-order valence-corrected chi connectivity index (χ0v) is 8.99. The Morgan fingerprint density at radius 2 is 1.55 bits per heavy atom. The molecule has 2 rings (SSSR count). The number of fused-ring (bicyclic) bond motifs is 1. The second-order valence-electron chi connectivity index (χ2n) is 1.96. The van der Waals surface area contributed by atoms with Crippen LogP contribution in [0.3, 0.4) is 0 Å². The number of hydrogen-bond donors (Lipinski definition) is 1. The molecule has 0 fully saturated rings. The number of hydrogen-bond acceptors (Lipinski definition) is 3. The third kappa shape index (κ3) is 1.76. The third-order valence-corrected chi connectivity index (χ3v) is 1.45. The Bertz CT molecular complexity index is 326. The van der Waals surface area contributed by atoms with E-state index in [0.717, 1.165) is 11.0 Å². The molecule has 0 aliphatic heterocycles. The fourth-order valence-electron chi connectivity index (χ4n) is 0.848. The standard InChI is InChI=1S/C6H5N3S.Na/c10-9-7-5-3-1-2-4-6(5)8-9;/h1-4,10H;. The predicted molar refractivity (Wildman–Crippen MR) is 47.7 cm³/mol. The first-order chi connectivity index (χ1) is 4.86. The topological polar surface area (TPSA) is 30.7 Å². The minimum atomic E-state index is 0. The monoisotopic (exact) mass is 174 g/mol. The molecule has 0 atom stereocenters. The van der Waals surface area contributed by atoms with Crippen molar-refractivity contribution in [1.82, 2.24) is 14.4 Å². The number of thiol groups is 1. The fraction of sp³-hybridized carbons (Fsp3) is 0. The quantitative estimate of drug-likeness (QED) is 0.472. The van der Waals surface area contributed by atoms with Crippen molar-refractivity contribution in [3.8, 4) is 0 Å². The molecule has 0 spiro atoms. The van der Waals surface area contributed by atoms with Crippen molar-refractivity contribution in [3.05, 3.63) is 24.3 Å². The van der Waals surface area contributed by atoms with Gasteiger partial charge in [-0.3, -0.25) is 0 Å². The van der Waals surface area contributed by atoms with Crippen LogP contribution in [-0.2, 0) is 0 Å². The summed E-state index contributed by atoms with van der Waals surface area (Å²) < 4.78 is 1.27. The molecule has 0 bridgehead atoms. The van der Waals surface area contributed by atoms with Crippen LogP contribution in [0.15, 0.2) is 24.3 Å². The minimum absolute atomic E-state index is 0. The third-order valence-electron chi connectivity index (χ3n) is 1.28. The first-order valence-corrected chi connectivity index (χ1v) is 3.27. The number of aromatic nitrogens is 3. The first-order valence-electron chi connectivity index (χ1n) is 2.87. The summed E-state index contributed by atoms with van der Waals surface area (Å²) >= 11 is 3.94. The van der Waals surface area contributed by atoms with Gasteiger partial charge in [-0.1, -0.05) is 12.1 Å². The molecule has 1 aromatic heterocycles. The van der Waals surface area contributed by atoms with Gasteiger partial charge in [0.25, 0.3) is 0 Å². The van der Waals surface area contributed by atoms with Gasteiger partial charge < -0.3 is 0 Å². The van der Waals surface area contributed by atoms with Crippen molar-refractivity contribution >= 4 is 53.4 Å². The first kappa shape index (κ1) is 9.06. The molecular weight excluding hydrogens is 169 g/mol. The summed E-state index contributed by atoms with van der Waals surface area (Å²) in [7, 11) is 0. The Hall–Kier alpha value is -0.0300. The van der Waals surface area contributed by atoms with Gasteiger partial charge in [0.2, 0.25) is 0 Å². The van der Waals surface area contributed by atoms with Crippen LogP contribution < -0.4 is 0 Å². The van der Waals surface area contributed by atoms with Crippen molar-refractivity contribution in [2.75, 3.05) is 0 Å². The Labute approximate surface area is 91.6 Å². The molecule has 1 aromatic carbocycles. The smallest absolute Gasteiger partial charge is 0.114 e. The van der Waals surface area contributed by atoms with Gasteiger partial charge in [0.15, 0.2) is 0 Å². The summed E-state index contributed by atoms with van der Waals surface area (Å²) in [6.07, 6.45) is 0. The maximum absolute atomic E-state index is 3.98. The van der Waals surface area contributed by atoms with Crippen molar-refractivity contribution < 1.29 is 0 Å². The van der Waals surface area contributed by atoms with Gasteiger partial charge in [0.1, 0.15) is 11.0 Å². The summed E-state index contributed by atoms with van der Waals surface area (Å²) in [4.78, 5) is 0. The van der Waals surface area contributed by atoms with Gasteiger partial charge in [-0.15, -0.1) is 14.4 Å². The summed E-state index contributed by atoms with van der Waals surface area (Å²) in [6, 6.07) is 7.64. The van der Waals surface area contributed by atoms with Crippen molar-refractivity contribution in [2.45, 2.75) is 0 Å². The van der Waals surface area contributed by atoms with Crippen LogP contribution in [0.1, 0.15) is 0 Å². The molecule has 0 aliphatic rings. The predicted octanol–water partition coefficient (Wildman–Crippen LogP) is 0.743. The van der Waals surface area contributed by atoms with Crippen LogP contribution >= 0.6 is 12.8 Å². The number of nitrogens with zero attached hydrogens (tertiary/aromatic N) is 3. The zero-order chi connectivity index (χ0) is 6.97. The molecule has 1 radical (unpaired) electrons. The minimum Gasteiger partial charge on any atom is -0.142 e. The Balaban J connectivity index is 0.000000605. The fourth-order valence-corrected chi connectivity index (χ4v) is 1.04. The molecule has 3 nitrogen and oxygen atoms in total. The van der Waals surface area contributed by atoms with Crippen molar-refractivity contribution in [1.29, 1.82) is 0 Å². The Kier molecular flexibility index (Phi) is 2.95. The molecule has 0 unspecified atom stereocenters. The summed E-state index contributed by atoms with van der Waals surface area (Å²) in [5, 5.41) is 7.97. The van der Waals surface area contributed by atoms with Crippen LogP contribution in [-0.4, -0.2) is 44.0 Å². The molecule has 2 aromatic rings. The van der Waals surface area contributed by atoms with E-state index in [1.807, 2.05) is 24.3 Å².